The lowest BCUT2D eigenvalue weighted by Gasteiger charge is -2.14. The Morgan fingerprint density at radius 3 is 1.76 bits per heavy atom. The summed E-state index contributed by atoms with van der Waals surface area (Å²) >= 11 is 0. The first-order chi connectivity index (χ1) is 8.27. The minimum absolute atomic E-state index is 0.401. The highest BCUT2D eigenvalue weighted by atomic mass is 16.6. The molecule has 17 heavy (non-hydrogen) atoms. The van der Waals surface area contributed by atoms with Crippen molar-refractivity contribution >= 4 is 7.32 Å². The van der Waals surface area contributed by atoms with E-state index in [0.29, 0.717) is 0 Å². The van der Waals surface area contributed by atoms with E-state index in [9.17, 15) is 0 Å². The molecule has 0 saturated heterocycles. The minimum atomic E-state index is -1.76. The second kappa shape index (κ2) is 4.00. The van der Waals surface area contributed by atoms with E-state index in [4.69, 9.17) is 14.7 Å². The Labute approximate surface area is 99.5 Å². The monoisotopic (exact) mass is 226 g/mol. The summed E-state index contributed by atoms with van der Waals surface area (Å²) in [5, 5.41) is 18.0. The van der Waals surface area contributed by atoms with Crippen LogP contribution in [0.3, 0.4) is 0 Å². The van der Waals surface area contributed by atoms with Gasteiger partial charge in [0.05, 0.1) is 6.10 Å². The lowest BCUT2D eigenvalue weighted by atomic mass is 10.1. The van der Waals surface area contributed by atoms with Crippen molar-refractivity contribution in [3.63, 3.8) is 0 Å². The summed E-state index contributed by atoms with van der Waals surface area (Å²) in [6.07, 6.45) is -0.401. The zero-order valence-corrected chi connectivity index (χ0v) is 9.08. The first-order valence-corrected chi connectivity index (χ1v) is 5.47. The molecule has 2 N–H and O–H groups in total. The molecule has 0 heterocycles. The molecule has 2 aromatic rings. The predicted molar refractivity (Wildman–Crippen MR) is 65.0 cm³/mol. The molecule has 0 radical (unpaired) electrons. The molecule has 1 aliphatic rings. The van der Waals surface area contributed by atoms with E-state index < -0.39 is 13.4 Å². The van der Waals surface area contributed by atoms with Crippen LogP contribution in [0, 0.1) is 0 Å². The van der Waals surface area contributed by atoms with Gasteiger partial charge in [0, 0.05) is 0 Å². The van der Waals surface area contributed by atoms with E-state index in [1.54, 1.807) is 0 Å². The average Bonchev–Trinajstić information content (AvgIpc) is 2.65. The Hall–Kier alpha value is -1.62. The quantitative estimate of drug-likeness (QED) is 0.766. The smallest absolute Gasteiger partial charge is 0.402 e. The molecule has 0 aliphatic heterocycles. The highest BCUT2D eigenvalue weighted by Crippen LogP contribution is 2.44. The van der Waals surface area contributed by atoms with Gasteiger partial charge in [-0.15, -0.1) is 0 Å². The van der Waals surface area contributed by atoms with Crippen LogP contribution in [-0.2, 0) is 4.65 Å². The van der Waals surface area contributed by atoms with Crippen LogP contribution in [-0.4, -0.2) is 17.4 Å². The third-order valence-electron chi connectivity index (χ3n) is 3.03. The first-order valence-electron chi connectivity index (χ1n) is 5.47. The molecule has 0 amide bonds. The van der Waals surface area contributed by atoms with Gasteiger partial charge in [-0.3, -0.25) is 0 Å². The fraction of sp³-hybridized carbons (Fsp3) is 0.0769. The van der Waals surface area contributed by atoms with E-state index in [0.717, 1.165) is 22.3 Å². The van der Waals surface area contributed by atoms with E-state index in [2.05, 4.69) is 0 Å². The molecule has 0 spiro atoms. The molecule has 3 nitrogen and oxygen atoms in total. The van der Waals surface area contributed by atoms with Crippen LogP contribution in [0.5, 0.6) is 0 Å². The van der Waals surface area contributed by atoms with Gasteiger partial charge >= 0.3 is 7.32 Å². The van der Waals surface area contributed by atoms with Gasteiger partial charge in [-0.05, 0) is 22.3 Å². The lowest BCUT2D eigenvalue weighted by molar-refractivity contribution is 0.146. The Balaban J connectivity index is 2.17. The maximum absolute atomic E-state index is 9.00. The standard InChI is InChI=1S/C13H11BO3/c15-14(16)17-13-11-7-3-1-5-9(11)10-6-2-4-8-12(10)13/h1-8,13,15-16H. The van der Waals surface area contributed by atoms with Crippen LogP contribution in [0.4, 0.5) is 0 Å². The van der Waals surface area contributed by atoms with Crippen molar-refractivity contribution in [3.05, 3.63) is 59.7 Å². The summed E-state index contributed by atoms with van der Waals surface area (Å²) in [4.78, 5) is 0. The largest absolute Gasteiger partial charge is 0.634 e. The van der Waals surface area contributed by atoms with E-state index in [-0.39, 0.29) is 0 Å². The van der Waals surface area contributed by atoms with Gasteiger partial charge in [0.1, 0.15) is 0 Å². The van der Waals surface area contributed by atoms with Crippen molar-refractivity contribution < 1.29 is 14.7 Å². The van der Waals surface area contributed by atoms with Gasteiger partial charge in [0.15, 0.2) is 0 Å². The maximum atomic E-state index is 9.00. The molecular weight excluding hydrogens is 215 g/mol. The normalized spacial score (nSPS) is 13.3. The molecule has 1 aliphatic carbocycles. The van der Waals surface area contributed by atoms with Crippen LogP contribution < -0.4 is 0 Å². The molecule has 84 valence electrons. The molecule has 0 fully saturated rings. The van der Waals surface area contributed by atoms with E-state index in [1.807, 2.05) is 48.5 Å². The van der Waals surface area contributed by atoms with Gasteiger partial charge < -0.3 is 14.7 Å². The molecule has 4 heteroatoms. The minimum Gasteiger partial charge on any atom is -0.402 e. The van der Waals surface area contributed by atoms with Crippen molar-refractivity contribution in [1.82, 2.24) is 0 Å². The number of hydrogen-bond acceptors (Lipinski definition) is 3. The summed E-state index contributed by atoms with van der Waals surface area (Å²) in [6.45, 7) is 0. The molecule has 2 aromatic carbocycles. The highest BCUT2D eigenvalue weighted by molar-refractivity contribution is 6.32. The molecular formula is C13H11BO3. The van der Waals surface area contributed by atoms with Gasteiger partial charge in [0.2, 0.25) is 0 Å². The highest BCUT2D eigenvalue weighted by Gasteiger charge is 2.31. The Morgan fingerprint density at radius 2 is 1.29 bits per heavy atom. The summed E-state index contributed by atoms with van der Waals surface area (Å²) in [5.74, 6) is 0. The van der Waals surface area contributed by atoms with Crippen molar-refractivity contribution in [1.29, 1.82) is 0 Å². The van der Waals surface area contributed by atoms with Crippen LogP contribution in [0.1, 0.15) is 17.2 Å². The zero-order chi connectivity index (χ0) is 11.8. The van der Waals surface area contributed by atoms with Gasteiger partial charge in [0.25, 0.3) is 0 Å². The lowest BCUT2D eigenvalue weighted by Crippen LogP contribution is -2.20. The number of rotatable bonds is 2. The Kier molecular flexibility index (Phi) is 2.48. The van der Waals surface area contributed by atoms with E-state index in [1.165, 1.54) is 0 Å². The predicted octanol–water partition coefficient (Wildman–Crippen LogP) is 1.74. The van der Waals surface area contributed by atoms with Crippen molar-refractivity contribution in [2.24, 2.45) is 0 Å². The number of hydrogen-bond donors (Lipinski definition) is 2. The average molecular weight is 226 g/mol. The summed E-state index contributed by atoms with van der Waals surface area (Å²) in [5.41, 5.74) is 4.13. The maximum Gasteiger partial charge on any atom is 0.634 e. The topological polar surface area (TPSA) is 49.7 Å². The van der Waals surface area contributed by atoms with Crippen LogP contribution >= 0.6 is 0 Å². The second-order valence-corrected chi connectivity index (χ2v) is 4.02. The third kappa shape index (κ3) is 1.67. The number of fused-ring (bicyclic) bond motifs is 3. The van der Waals surface area contributed by atoms with Gasteiger partial charge in [-0.25, -0.2) is 0 Å². The number of benzene rings is 2. The first kappa shape index (κ1) is 10.5. The molecule has 0 aromatic heterocycles. The van der Waals surface area contributed by atoms with Crippen LogP contribution in [0.15, 0.2) is 48.5 Å². The van der Waals surface area contributed by atoms with Gasteiger partial charge in [-0.1, -0.05) is 48.5 Å². The molecule has 0 unspecified atom stereocenters. The molecule has 0 atom stereocenters. The van der Waals surface area contributed by atoms with Crippen LogP contribution in [0.2, 0.25) is 0 Å². The fourth-order valence-corrected chi connectivity index (χ4v) is 2.38. The van der Waals surface area contributed by atoms with E-state index >= 15 is 0 Å². The third-order valence-corrected chi connectivity index (χ3v) is 3.03. The Bertz CT molecular complexity index is 508. The van der Waals surface area contributed by atoms with Crippen molar-refractivity contribution in [2.45, 2.75) is 6.10 Å². The summed E-state index contributed by atoms with van der Waals surface area (Å²) in [6, 6.07) is 15.7. The zero-order valence-electron chi connectivity index (χ0n) is 9.08. The molecule has 0 bridgehead atoms. The molecule has 3 rings (SSSR count). The molecule has 0 saturated carbocycles. The van der Waals surface area contributed by atoms with Crippen molar-refractivity contribution in [2.75, 3.05) is 0 Å². The second-order valence-electron chi connectivity index (χ2n) is 4.02. The van der Waals surface area contributed by atoms with Crippen molar-refractivity contribution in [3.8, 4) is 11.1 Å². The SMILES string of the molecule is OB(O)OC1c2ccccc2-c2ccccc21. The Morgan fingerprint density at radius 1 is 0.824 bits per heavy atom. The van der Waals surface area contributed by atoms with Gasteiger partial charge in [-0.2, -0.15) is 0 Å². The van der Waals surface area contributed by atoms with Crippen LogP contribution in [0.25, 0.3) is 11.1 Å². The summed E-state index contributed by atoms with van der Waals surface area (Å²) in [7, 11) is -1.76. The fourth-order valence-electron chi connectivity index (χ4n) is 2.38. The summed E-state index contributed by atoms with van der Waals surface area (Å²) < 4.78 is 5.18.